The minimum Gasteiger partial charge on any atom is -0.396 e. The second-order valence-corrected chi connectivity index (χ2v) is 2.31. The number of rotatable bonds is 3. The van der Waals surface area contributed by atoms with E-state index in [1.807, 2.05) is 18.2 Å². The molecule has 0 aliphatic rings. The van der Waals surface area contributed by atoms with Crippen molar-refractivity contribution in [3.05, 3.63) is 35.9 Å². The van der Waals surface area contributed by atoms with Crippen LogP contribution in [0.25, 0.3) is 0 Å². The first-order chi connectivity index (χ1) is 4.93. The van der Waals surface area contributed by atoms with E-state index in [9.17, 15) is 0 Å². The van der Waals surface area contributed by atoms with E-state index in [0.29, 0.717) is 0 Å². The maximum absolute atomic E-state index is 8.53. The summed E-state index contributed by atoms with van der Waals surface area (Å²) in [6, 6.07) is 10.2. The smallest absolute Gasteiger partial charge is 0.0434 e. The van der Waals surface area contributed by atoms with Crippen molar-refractivity contribution in [2.24, 2.45) is 0 Å². The number of benzene rings is 1. The summed E-state index contributed by atoms with van der Waals surface area (Å²) in [5, 5.41) is 8.53. The van der Waals surface area contributed by atoms with Crippen molar-refractivity contribution in [3.8, 4) is 0 Å². The van der Waals surface area contributed by atoms with Gasteiger partial charge in [-0.2, -0.15) is 13.5 Å². The van der Waals surface area contributed by atoms with Gasteiger partial charge in [-0.3, -0.25) is 0 Å². The van der Waals surface area contributed by atoms with Gasteiger partial charge in [0.15, 0.2) is 0 Å². The first kappa shape index (κ1) is 14.0. The Morgan fingerprint density at radius 1 is 1.08 bits per heavy atom. The molecule has 70 valence electrons. The van der Waals surface area contributed by atoms with Crippen LogP contribution >= 0.6 is 13.5 Å². The standard InChI is InChI=1S/C9H12O.H3N.H2S/c10-8-4-7-9-5-2-1-3-6-9;;/h1-3,5-6,10H,4,7-8H2;1H3;1H2. The van der Waals surface area contributed by atoms with Crippen LogP contribution in [0.4, 0.5) is 0 Å². The predicted molar refractivity (Wildman–Crippen MR) is 57.3 cm³/mol. The third-order valence-corrected chi connectivity index (χ3v) is 1.47. The number of aliphatic hydroxyl groups excluding tert-OH is 1. The van der Waals surface area contributed by atoms with Gasteiger partial charge in [-0.25, -0.2) is 0 Å². The largest absolute Gasteiger partial charge is 0.396 e. The van der Waals surface area contributed by atoms with E-state index in [1.54, 1.807) is 0 Å². The van der Waals surface area contributed by atoms with Crippen LogP contribution in [0, 0.1) is 0 Å². The molecule has 0 heterocycles. The van der Waals surface area contributed by atoms with Gasteiger partial charge in [-0.05, 0) is 18.4 Å². The highest BCUT2D eigenvalue weighted by Gasteiger charge is 1.87. The minimum atomic E-state index is 0. The highest BCUT2D eigenvalue weighted by molar-refractivity contribution is 7.59. The topological polar surface area (TPSA) is 55.2 Å². The van der Waals surface area contributed by atoms with Crippen molar-refractivity contribution >= 4 is 13.5 Å². The van der Waals surface area contributed by atoms with Gasteiger partial charge in [0.05, 0.1) is 0 Å². The fourth-order valence-corrected chi connectivity index (χ4v) is 0.928. The lowest BCUT2D eigenvalue weighted by atomic mass is 10.1. The molecule has 1 aromatic carbocycles. The fraction of sp³-hybridized carbons (Fsp3) is 0.333. The zero-order valence-electron chi connectivity index (χ0n) is 7.16. The molecule has 0 aliphatic heterocycles. The molecule has 1 aromatic rings. The van der Waals surface area contributed by atoms with Crippen LogP contribution in [-0.4, -0.2) is 11.7 Å². The summed E-state index contributed by atoms with van der Waals surface area (Å²) in [4.78, 5) is 0. The Kier molecular flexibility index (Phi) is 10.0. The SMILES string of the molecule is N.OCCCc1ccccc1.S. The molecule has 1 rings (SSSR count). The molecule has 0 bridgehead atoms. The van der Waals surface area contributed by atoms with Crippen molar-refractivity contribution in [1.29, 1.82) is 0 Å². The molecule has 0 aromatic heterocycles. The molecule has 0 saturated carbocycles. The van der Waals surface area contributed by atoms with E-state index in [1.165, 1.54) is 5.56 Å². The van der Waals surface area contributed by atoms with Gasteiger partial charge in [-0.1, -0.05) is 30.3 Å². The molecule has 0 amide bonds. The molecule has 0 saturated heterocycles. The Morgan fingerprint density at radius 3 is 2.17 bits per heavy atom. The summed E-state index contributed by atoms with van der Waals surface area (Å²) in [5.41, 5.74) is 1.30. The van der Waals surface area contributed by atoms with Crippen LogP contribution < -0.4 is 6.15 Å². The lowest BCUT2D eigenvalue weighted by molar-refractivity contribution is 0.288. The Bertz CT molecular complexity index is 179. The molecule has 0 aliphatic carbocycles. The molecule has 3 heteroatoms. The maximum Gasteiger partial charge on any atom is 0.0434 e. The Morgan fingerprint density at radius 2 is 1.67 bits per heavy atom. The normalized spacial score (nSPS) is 8.08. The summed E-state index contributed by atoms with van der Waals surface area (Å²) in [7, 11) is 0. The maximum atomic E-state index is 8.53. The molecular weight excluding hydrogens is 170 g/mol. The molecule has 0 spiro atoms. The highest BCUT2D eigenvalue weighted by atomic mass is 32.1. The lowest BCUT2D eigenvalue weighted by Crippen LogP contribution is -1.87. The quantitative estimate of drug-likeness (QED) is 0.759. The second kappa shape index (κ2) is 8.59. The fourth-order valence-electron chi connectivity index (χ4n) is 0.928. The number of aryl methyl sites for hydroxylation is 1. The van der Waals surface area contributed by atoms with Crippen LogP contribution in [-0.2, 0) is 6.42 Å². The summed E-state index contributed by atoms with van der Waals surface area (Å²) in [5.74, 6) is 0. The minimum absolute atomic E-state index is 0. The molecule has 0 unspecified atom stereocenters. The van der Waals surface area contributed by atoms with Crippen LogP contribution in [0.2, 0.25) is 0 Å². The van der Waals surface area contributed by atoms with Gasteiger partial charge >= 0.3 is 0 Å². The van der Waals surface area contributed by atoms with Gasteiger partial charge in [0.1, 0.15) is 0 Å². The molecule has 0 fully saturated rings. The van der Waals surface area contributed by atoms with E-state index in [-0.39, 0.29) is 26.3 Å². The second-order valence-electron chi connectivity index (χ2n) is 2.31. The average molecular weight is 187 g/mol. The van der Waals surface area contributed by atoms with Crippen LogP contribution in [0.5, 0.6) is 0 Å². The Balaban J connectivity index is 0. The number of hydrogen-bond donors (Lipinski definition) is 2. The summed E-state index contributed by atoms with van der Waals surface area (Å²) < 4.78 is 0. The predicted octanol–water partition coefficient (Wildman–Crippen LogP) is 1.89. The monoisotopic (exact) mass is 187 g/mol. The number of aliphatic hydroxyl groups is 1. The molecule has 12 heavy (non-hydrogen) atoms. The van der Waals surface area contributed by atoms with Gasteiger partial charge in [0.2, 0.25) is 0 Å². The first-order valence-corrected chi connectivity index (χ1v) is 3.58. The van der Waals surface area contributed by atoms with Gasteiger partial charge in [0, 0.05) is 6.61 Å². The first-order valence-electron chi connectivity index (χ1n) is 3.58. The van der Waals surface area contributed by atoms with Crippen molar-refractivity contribution in [2.75, 3.05) is 6.61 Å². The van der Waals surface area contributed by atoms with E-state index < -0.39 is 0 Å². The Labute approximate surface area is 80.6 Å². The third kappa shape index (κ3) is 5.18. The van der Waals surface area contributed by atoms with E-state index in [4.69, 9.17) is 5.11 Å². The molecule has 0 radical (unpaired) electrons. The van der Waals surface area contributed by atoms with E-state index >= 15 is 0 Å². The van der Waals surface area contributed by atoms with Gasteiger partial charge in [0.25, 0.3) is 0 Å². The summed E-state index contributed by atoms with van der Waals surface area (Å²) in [6.07, 6.45) is 1.85. The molecule has 4 N–H and O–H groups in total. The van der Waals surface area contributed by atoms with Crippen molar-refractivity contribution in [2.45, 2.75) is 12.8 Å². The lowest BCUT2D eigenvalue weighted by Gasteiger charge is -1.96. The van der Waals surface area contributed by atoms with Crippen molar-refractivity contribution < 1.29 is 5.11 Å². The third-order valence-electron chi connectivity index (χ3n) is 1.47. The van der Waals surface area contributed by atoms with Crippen LogP contribution in [0.15, 0.2) is 30.3 Å². The summed E-state index contributed by atoms with van der Waals surface area (Å²) in [6.45, 7) is 0.287. The highest BCUT2D eigenvalue weighted by Crippen LogP contribution is 2.00. The van der Waals surface area contributed by atoms with Gasteiger partial charge < -0.3 is 11.3 Å². The van der Waals surface area contributed by atoms with Crippen LogP contribution in [0.1, 0.15) is 12.0 Å². The average Bonchev–Trinajstić information content (AvgIpc) is 2.03. The van der Waals surface area contributed by atoms with E-state index in [0.717, 1.165) is 12.8 Å². The van der Waals surface area contributed by atoms with Crippen LogP contribution in [0.3, 0.4) is 0 Å². The van der Waals surface area contributed by atoms with Gasteiger partial charge in [-0.15, -0.1) is 0 Å². The molecule has 2 nitrogen and oxygen atoms in total. The van der Waals surface area contributed by atoms with Crippen molar-refractivity contribution in [1.82, 2.24) is 6.15 Å². The Hall–Kier alpha value is -0.510. The zero-order chi connectivity index (χ0) is 7.23. The van der Waals surface area contributed by atoms with E-state index in [2.05, 4.69) is 12.1 Å². The molecule has 0 atom stereocenters. The zero-order valence-corrected chi connectivity index (χ0v) is 8.16. The van der Waals surface area contributed by atoms with Crippen molar-refractivity contribution in [3.63, 3.8) is 0 Å². The summed E-state index contributed by atoms with van der Waals surface area (Å²) >= 11 is 0. The molecular formula is C9H17NOS. The number of hydrogen-bond acceptors (Lipinski definition) is 2.